The summed E-state index contributed by atoms with van der Waals surface area (Å²) in [5.41, 5.74) is 0. The number of esters is 2. The number of rotatable bonds is 46. The fourth-order valence-electron chi connectivity index (χ4n) is 7.04. The Hall–Kier alpha value is -2.23. The number of hydrogen-bond acceptors (Lipinski definition) is 8. The molecule has 0 aromatic heterocycles. The van der Waals surface area contributed by atoms with E-state index in [9.17, 15) is 19.5 Å². The van der Waals surface area contributed by atoms with Crippen LogP contribution in [-0.2, 0) is 33.3 Å². The van der Waals surface area contributed by atoms with Gasteiger partial charge in [-0.25, -0.2) is 0 Å². The van der Waals surface area contributed by atoms with Crippen molar-refractivity contribution in [1.29, 1.82) is 0 Å². The van der Waals surface area contributed by atoms with Gasteiger partial charge >= 0.3 is 11.9 Å². The summed E-state index contributed by atoms with van der Waals surface area (Å²) in [4.78, 5) is 37.0. The fraction of sp³-hybridized carbons (Fsp3) is 0.863. The first-order chi connectivity index (χ1) is 29.1. The summed E-state index contributed by atoms with van der Waals surface area (Å²) in [6, 6.07) is 0. The first-order valence-electron chi connectivity index (χ1n) is 25.0. The third kappa shape index (κ3) is 43.8. The molecule has 0 spiro atoms. The number of aliphatic carboxylic acids is 1. The number of ether oxygens (including phenoxy) is 4. The minimum absolute atomic E-state index is 0.150. The standard InChI is InChI=1S/C51H95NO8/c1-6-8-10-12-14-16-18-19-20-21-22-23-24-25-26-27-28-29-30-31-32-34-36-38-40-42-49(54)60-47(46-59-51(50(55)56)57-44-43-52(3,4)5)45-58-48(53)41-39-37-35-33-17-15-13-11-9-7-2/h18-19,21-22,47,51H,6-17,20,23-46H2,1-5H3/b19-18-,22-21-. The Kier molecular flexibility index (Phi) is 41.8. The maximum atomic E-state index is 12.8. The number of hydrogen-bond donors (Lipinski definition) is 0. The van der Waals surface area contributed by atoms with E-state index in [4.69, 9.17) is 18.9 Å². The van der Waals surface area contributed by atoms with E-state index in [1.54, 1.807) is 0 Å². The number of carbonyl (C=O) groups is 3. The molecular weight excluding hydrogens is 755 g/mol. The van der Waals surface area contributed by atoms with Gasteiger partial charge in [0.15, 0.2) is 12.4 Å². The zero-order valence-electron chi connectivity index (χ0n) is 39.8. The van der Waals surface area contributed by atoms with Gasteiger partial charge in [-0.1, -0.05) is 192 Å². The Morgan fingerprint density at radius 3 is 1.32 bits per heavy atom. The summed E-state index contributed by atoms with van der Waals surface area (Å²) in [7, 11) is 5.91. The first kappa shape index (κ1) is 57.8. The van der Waals surface area contributed by atoms with Crippen molar-refractivity contribution in [3.05, 3.63) is 24.3 Å². The average molecular weight is 850 g/mol. The molecule has 0 aromatic rings. The van der Waals surface area contributed by atoms with Crippen LogP contribution in [0.5, 0.6) is 0 Å². The van der Waals surface area contributed by atoms with E-state index in [1.165, 1.54) is 154 Å². The molecule has 0 saturated heterocycles. The molecular formula is C51H95NO8. The van der Waals surface area contributed by atoms with Crippen molar-refractivity contribution < 1.29 is 42.9 Å². The van der Waals surface area contributed by atoms with Crippen LogP contribution in [-0.4, -0.2) is 82.3 Å². The molecule has 2 atom stereocenters. The Morgan fingerprint density at radius 1 is 0.500 bits per heavy atom. The lowest BCUT2D eigenvalue weighted by Crippen LogP contribution is -2.44. The van der Waals surface area contributed by atoms with Crippen molar-refractivity contribution in [3.8, 4) is 0 Å². The SMILES string of the molecule is CCCCCCC/C=C\C/C=C\CCCCCCCCCCCCCCCC(=O)OC(COC(=O)CCCCCCCCCCCC)COC(OCC[N+](C)(C)C)C(=O)[O-]. The van der Waals surface area contributed by atoms with Gasteiger partial charge in [-0.05, 0) is 44.9 Å². The number of carboxylic acids is 1. The van der Waals surface area contributed by atoms with Gasteiger partial charge < -0.3 is 33.3 Å². The van der Waals surface area contributed by atoms with Crippen molar-refractivity contribution in [3.63, 3.8) is 0 Å². The second-order valence-corrected chi connectivity index (χ2v) is 18.1. The summed E-state index contributed by atoms with van der Waals surface area (Å²) in [5.74, 6) is -2.28. The van der Waals surface area contributed by atoms with Gasteiger partial charge in [-0.2, -0.15) is 0 Å². The quantitative estimate of drug-likeness (QED) is 0.0196. The van der Waals surface area contributed by atoms with Gasteiger partial charge in [0.1, 0.15) is 13.2 Å². The molecule has 0 aliphatic carbocycles. The smallest absolute Gasteiger partial charge is 0.306 e. The molecule has 0 heterocycles. The number of carboxylic acid groups (broad SMARTS) is 1. The van der Waals surface area contributed by atoms with Crippen molar-refractivity contribution >= 4 is 17.9 Å². The molecule has 9 nitrogen and oxygen atoms in total. The normalized spacial score (nSPS) is 13.0. The van der Waals surface area contributed by atoms with Crippen LogP contribution in [0.25, 0.3) is 0 Å². The minimum Gasteiger partial charge on any atom is -0.545 e. The van der Waals surface area contributed by atoms with Crippen LogP contribution in [0, 0.1) is 0 Å². The number of likely N-dealkylation sites (N-methyl/N-ethyl adjacent to an activating group) is 1. The zero-order valence-corrected chi connectivity index (χ0v) is 39.8. The third-order valence-corrected chi connectivity index (χ3v) is 11.0. The molecule has 2 unspecified atom stereocenters. The van der Waals surface area contributed by atoms with Gasteiger partial charge in [0, 0.05) is 12.8 Å². The molecule has 0 N–H and O–H groups in total. The lowest BCUT2D eigenvalue weighted by Gasteiger charge is -2.26. The van der Waals surface area contributed by atoms with Crippen LogP contribution in [0.4, 0.5) is 0 Å². The number of quaternary nitrogens is 1. The number of allylic oxidation sites excluding steroid dienone is 4. The number of carbonyl (C=O) groups excluding carboxylic acids is 3. The maximum Gasteiger partial charge on any atom is 0.306 e. The topological polar surface area (TPSA) is 111 Å². The maximum absolute atomic E-state index is 12.8. The number of unbranched alkanes of at least 4 members (excludes halogenated alkanes) is 27. The number of nitrogens with zero attached hydrogens (tertiary/aromatic N) is 1. The second-order valence-electron chi connectivity index (χ2n) is 18.1. The molecule has 0 aliphatic rings. The largest absolute Gasteiger partial charge is 0.545 e. The van der Waals surface area contributed by atoms with E-state index < -0.39 is 24.3 Å². The summed E-state index contributed by atoms with van der Waals surface area (Å²) in [6.45, 7) is 4.73. The first-order valence-corrected chi connectivity index (χ1v) is 25.0. The van der Waals surface area contributed by atoms with E-state index in [0.717, 1.165) is 38.5 Å². The molecule has 0 radical (unpaired) electrons. The third-order valence-electron chi connectivity index (χ3n) is 11.0. The van der Waals surface area contributed by atoms with E-state index in [-0.39, 0.29) is 32.2 Å². The van der Waals surface area contributed by atoms with Crippen LogP contribution in [0.2, 0.25) is 0 Å². The summed E-state index contributed by atoms with van der Waals surface area (Å²) in [6.07, 6.45) is 45.1. The van der Waals surface area contributed by atoms with E-state index in [0.29, 0.717) is 23.9 Å². The highest BCUT2D eigenvalue weighted by Gasteiger charge is 2.22. The predicted octanol–water partition coefficient (Wildman–Crippen LogP) is 12.3. The summed E-state index contributed by atoms with van der Waals surface area (Å²) < 4.78 is 22.6. The van der Waals surface area contributed by atoms with Gasteiger partial charge in [-0.3, -0.25) is 9.59 Å². The molecule has 0 bridgehead atoms. The Balaban J connectivity index is 4.21. The molecule has 9 heteroatoms. The summed E-state index contributed by atoms with van der Waals surface area (Å²) >= 11 is 0. The lowest BCUT2D eigenvalue weighted by molar-refractivity contribution is -0.870. The molecule has 0 amide bonds. The van der Waals surface area contributed by atoms with Crippen LogP contribution < -0.4 is 5.11 Å². The molecule has 0 aromatic carbocycles. The Morgan fingerprint density at radius 2 is 0.900 bits per heavy atom. The molecule has 60 heavy (non-hydrogen) atoms. The summed E-state index contributed by atoms with van der Waals surface area (Å²) in [5, 5.41) is 11.7. The highest BCUT2D eigenvalue weighted by Crippen LogP contribution is 2.15. The molecule has 0 aliphatic heterocycles. The van der Waals surface area contributed by atoms with Crippen molar-refractivity contribution in [2.75, 3.05) is 47.5 Å². The van der Waals surface area contributed by atoms with E-state index in [2.05, 4.69) is 38.2 Å². The molecule has 352 valence electrons. The lowest BCUT2D eigenvalue weighted by atomic mass is 10.0. The predicted molar refractivity (Wildman–Crippen MR) is 246 cm³/mol. The Labute approximate surface area is 369 Å². The van der Waals surface area contributed by atoms with Gasteiger partial charge in [-0.15, -0.1) is 0 Å². The average Bonchev–Trinajstić information content (AvgIpc) is 3.21. The van der Waals surface area contributed by atoms with Crippen LogP contribution in [0.15, 0.2) is 24.3 Å². The van der Waals surface area contributed by atoms with Crippen LogP contribution >= 0.6 is 0 Å². The van der Waals surface area contributed by atoms with Crippen LogP contribution in [0.1, 0.15) is 226 Å². The molecule has 0 fully saturated rings. The van der Waals surface area contributed by atoms with Crippen molar-refractivity contribution in [2.24, 2.45) is 0 Å². The highest BCUT2D eigenvalue weighted by atomic mass is 16.7. The van der Waals surface area contributed by atoms with Crippen LogP contribution in [0.3, 0.4) is 0 Å². The Bertz CT molecular complexity index is 1040. The van der Waals surface area contributed by atoms with Crippen molar-refractivity contribution in [2.45, 2.75) is 238 Å². The zero-order chi connectivity index (χ0) is 44.2. The fourth-order valence-corrected chi connectivity index (χ4v) is 7.04. The van der Waals surface area contributed by atoms with Crippen molar-refractivity contribution in [1.82, 2.24) is 0 Å². The van der Waals surface area contributed by atoms with Gasteiger partial charge in [0.05, 0.1) is 40.3 Å². The van der Waals surface area contributed by atoms with Gasteiger partial charge in [0.25, 0.3) is 0 Å². The van der Waals surface area contributed by atoms with Gasteiger partial charge in [0.2, 0.25) is 0 Å². The molecule has 0 saturated carbocycles. The van der Waals surface area contributed by atoms with E-state index in [1.807, 2.05) is 21.1 Å². The second kappa shape index (κ2) is 43.4. The van der Waals surface area contributed by atoms with E-state index >= 15 is 0 Å². The monoisotopic (exact) mass is 850 g/mol. The minimum atomic E-state index is -1.62. The molecule has 0 rings (SSSR count). The highest BCUT2D eigenvalue weighted by molar-refractivity contribution is 5.70.